The number of rotatable bonds is 4. The molecular weight excluding hydrogens is 268 g/mol. The van der Waals surface area contributed by atoms with Gasteiger partial charge in [0.1, 0.15) is 5.69 Å². The zero-order valence-electron chi connectivity index (χ0n) is 11.7. The van der Waals surface area contributed by atoms with Crippen molar-refractivity contribution in [1.82, 2.24) is 25.5 Å². The Morgan fingerprint density at radius 2 is 2.19 bits per heavy atom. The first kappa shape index (κ1) is 13.4. The summed E-state index contributed by atoms with van der Waals surface area (Å²) in [7, 11) is 0. The van der Waals surface area contributed by atoms with Crippen molar-refractivity contribution in [2.24, 2.45) is 5.92 Å². The zero-order chi connectivity index (χ0) is 14.7. The van der Waals surface area contributed by atoms with Gasteiger partial charge in [-0.05, 0) is 19.1 Å². The number of hydrogen-bond donors (Lipinski definition) is 1. The van der Waals surface area contributed by atoms with Crippen LogP contribution >= 0.6 is 0 Å². The third-order valence-electron chi connectivity index (χ3n) is 3.41. The van der Waals surface area contributed by atoms with Gasteiger partial charge >= 0.3 is 0 Å². The highest BCUT2D eigenvalue weighted by atomic mass is 16.1. The maximum absolute atomic E-state index is 11.8. The predicted molar refractivity (Wildman–Crippen MR) is 76.8 cm³/mol. The number of nitrogens with one attached hydrogen (secondary N) is 1. The van der Waals surface area contributed by atoms with Crippen LogP contribution in [0.15, 0.2) is 30.7 Å². The molecule has 0 bridgehead atoms. The van der Waals surface area contributed by atoms with Gasteiger partial charge < -0.3 is 10.2 Å². The van der Waals surface area contributed by atoms with Crippen molar-refractivity contribution in [2.75, 3.05) is 24.5 Å². The van der Waals surface area contributed by atoms with Gasteiger partial charge in [-0.15, -0.1) is 5.10 Å². The molecule has 21 heavy (non-hydrogen) atoms. The fourth-order valence-corrected chi connectivity index (χ4v) is 2.19. The summed E-state index contributed by atoms with van der Waals surface area (Å²) in [6.07, 6.45) is 4.52. The molecule has 0 spiro atoms. The maximum Gasteiger partial charge on any atom is 0.271 e. The summed E-state index contributed by atoms with van der Waals surface area (Å²) in [5, 5.41) is 11.1. The second-order valence-corrected chi connectivity index (χ2v) is 5.10. The molecule has 0 aromatic carbocycles. The molecule has 7 heteroatoms. The van der Waals surface area contributed by atoms with Crippen LogP contribution in [0.4, 0.5) is 5.82 Å². The smallest absolute Gasteiger partial charge is 0.271 e. The zero-order valence-corrected chi connectivity index (χ0v) is 11.7. The van der Waals surface area contributed by atoms with Crippen molar-refractivity contribution >= 4 is 11.7 Å². The first-order chi connectivity index (χ1) is 10.2. The number of amides is 1. The minimum atomic E-state index is -0.184. The topological polar surface area (TPSA) is 83.9 Å². The Bertz CT molecular complexity index is 609. The molecule has 2 aromatic rings. The van der Waals surface area contributed by atoms with E-state index in [0.717, 1.165) is 24.6 Å². The Labute approximate surface area is 122 Å². The van der Waals surface area contributed by atoms with Gasteiger partial charge in [-0.2, -0.15) is 5.10 Å². The molecule has 0 radical (unpaired) electrons. The highest BCUT2D eigenvalue weighted by molar-refractivity contribution is 5.91. The van der Waals surface area contributed by atoms with Crippen molar-refractivity contribution in [2.45, 2.75) is 6.92 Å². The van der Waals surface area contributed by atoms with Crippen LogP contribution in [0.25, 0.3) is 0 Å². The average Bonchev–Trinajstić information content (AvgIpc) is 2.48. The monoisotopic (exact) mass is 284 g/mol. The summed E-state index contributed by atoms with van der Waals surface area (Å²) in [4.78, 5) is 21.8. The Morgan fingerprint density at radius 1 is 1.33 bits per heavy atom. The minimum absolute atomic E-state index is 0.184. The number of anilines is 1. The van der Waals surface area contributed by atoms with Gasteiger partial charge in [-0.1, -0.05) is 0 Å². The van der Waals surface area contributed by atoms with Crippen LogP contribution in [0.5, 0.6) is 0 Å². The summed E-state index contributed by atoms with van der Waals surface area (Å²) in [5.74, 6) is 1.13. The SMILES string of the molecule is Cc1ccc(N2CC(CNC(=O)c3cnccn3)C2)nn1. The largest absolute Gasteiger partial charge is 0.354 e. The molecule has 1 aliphatic heterocycles. The number of carbonyl (C=O) groups excluding carboxylic acids is 1. The molecule has 0 aliphatic carbocycles. The lowest BCUT2D eigenvalue weighted by Gasteiger charge is -2.39. The summed E-state index contributed by atoms with van der Waals surface area (Å²) in [6.45, 7) is 4.29. The molecule has 1 N–H and O–H groups in total. The number of aromatic nitrogens is 4. The molecule has 0 atom stereocenters. The van der Waals surface area contributed by atoms with Crippen molar-refractivity contribution in [3.8, 4) is 0 Å². The molecular formula is C14H16N6O. The van der Waals surface area contributed by atoms with E-state index >= 15 is 0 Å². The van der Waals surface area contributed by atoms with Crippen molar-refractivity contribution in [3.63, 3.8) is 0 Å². The van der Waals surface area contributed by atoms with Gasteiger partial charge in [0.15, 0.2) is 5.82 Å². The standard InChI is InChI=1S/C14H16N6O/c1-10-2-3-13(19-18-10)20-8-11(9-20)6-17-14(21)12-7-15-4-5-16-12/h2-5,7,11H,6,8-9H2,1H3,(H,17,21). The normalized spacial score (nSPS) is 14.6. The van der Waals surface area contributed by atoms with E-state index in [9.17, 15) is 4.79 Å². The Kier molecular flexibility index (Phi) is 3.72. The van der Waals surface area contributed by atoms with Crippen LogP contribution in [-0.4, -0.2) is 45.7 Å². The van der Waals surface area contributed by atoms with E-state index in [1.54, 1.807) is 6.20 Å². The lowest BCUT2D eigenvalue weighted by Crippen LogP contribution is -2.52. The van der Waals surface area contributed by atoms with E-state index in [2.05, 4.69) is 30.4 Å². The Morgan fingerprint density at radius 3 is 2.86 bits per heavy atom. The predicted octanol–water partition coefficient (Wildman–Crippen LogP) is 0.441. The fraction of sp³-hybridized carbons (Fsp3) is 0.357. The minimum Gasteiger partial charge on any atom is -0.354 e. The first-order valence-electron chi connectivity index (χ1n) is 6.82. The summed E-state index contributed by atoms with van der Waals surface area (Å²) in [6, 6.07) is 3.92. The summed E-state index contributed by atoms with van der Waals surface area (Å²) in [5.41, 5.74) is 1.25. The second-order valence-electron chi connectivity index (χ2n) is 5.10. The van der Waals surface area contributed by atoms with E-state index in [4.69, 9.17) is 0 Å². The van der Waals surface area contributed by atoms with Crippen LogP contribution in [0.1, 0.15) is 16.2 Å². The van der Waals surface area contributed by atoms with Crippen LogP contribution in [0.3, 0.4) is 0 Å². The van der Waals surface area contributed by atoms with Gasteiger partial charge in [-0.3, -0.25) is 9.78 Å². The van der Waals surface area contributed by atoms with Crippen LogP contribution in [-0.2, 0) is 0 Å². The van der Waals surface area contributed by atoms with Crippen molar-refractivity contribution in [3.05, 3.63) is 42.1 Å². The second kappa shape index (κ2) is 5.82. The highest BCUT2D eigenvalue weighted by Gasteiger charge is 2.28. The van der Waals surface area contributed by atoms with Gasteiger partial charge in [0.2, 0.25) is 0 Å². The van der Waals surface area contributed by atoms with E-state index < -0.39 is 0 Å². The molecule has 0 unspecified atom stereocenters. The molecule has 3 rings (SSSR count). The van der Waals surface area contributed by atoms with E-state index in [1.807, 2.05) is 19.1 Å². The van der Waals surface area contributed by atoms with Crippen molar-refractivity contribution < 1.29 is 4.79 Å². The first-order valence-corrected chi connectivity index (χ1v) is 6.82. The molecule has 1 amide bonds. The fourth-order valence-electron chi connectivity index (χ4n) is 2.19. The molecule has 2 aromatic heterocycles. The molecule has 1 aliphatic rings. The van der Waals surface area contributed by atoms with Gasteiger partial charge in [0.25, 0.3) is 5.91 Å². The van der Waals surface area contributed by atoms with Crippen molar-refractivity contribution in [1.29, 1.82) is 0 Å². The number of carbonyl (C=O) groups is 1. The van der Waals surface area contributed by atoms with Crippen LogP contribution in [0.2, 0.25) is 0 Å². The highest BCUT2D eigenvalue weighted by Crippen LogP contribution is 2.21. The Balaban J connectivity index is 1.45. The third-order valence-corrected chi connectivity index (χ3v) is 3.41. The van der Waals surface area contributed by atoms with Gasteiger partial charge in [0, 0.05) is 37.9 Å². The van der Waals surface area contributed by atoms with E-state index in [0.29, 0.717) is 18.2 Å². The quantitative estimate of drug-likeness (QED) is 0.877. The van der Waals surface area contributed by atoms with Gasteiger partial charge in [0.05, 0.1) is 11.9 Å². The molecule has 1 fully saturated rings. The lowest BCUT2D eigenvalue weighted by molar-refractivity contribution is 0.0939. The third kappa shape index (κ3) is 3.13. The summed E-state index contributed by atoms with van der Waals surface area (Å²) >= 11 is 0. The van der Waals surface area contributed by atoms with Crippen LogP contribution in [0, 0.1) is 12.8 Å². The number of aryl methyl sites for hydroxylation is 1. The van der Waals surface area contributed by atoms with Gasteiger partial charge in [-0.25, -0.2) is 4.98 Å². The van der Waals surface area contributed by atoms with Crippen LogP contribution < -0.4 is 10.2 Å². The Hall–Kier alpha value is -2.57. The maximum atomic E-state index is 11.8. The molecule has 7 nitrogen and oxygen atoms in total. The molecule has 108 valence electrons. The molecule has 1 saturated heterocycles. The van der Waals surface area contributed by atoms with E-state index in [1.165, 1.54) is 12.4 Å². The summed E-state index contributed by atoms with van der Waals surface area (Å²) < 4.78 is 0. The number of hydrogen-bond acceptors (Lipinski definition) is 6. The molecule has 3 heterocycles. The van der Waals surface area contributed by atoms with E-state index in [-0.39, 0.29) is 5.91 Å². The lowest BCUT2D eigenvalue weighted by atomic mass is 10.0. The average molecular weight is 284 g/mol. The molecule has 0 saturated carbocycles. The number of nitrogens with zero attached hydrogens (tertiary/aromatic N) is 5.